The highest BCUT2D eigenvalue weighted by molar-refractivity contribution is 6.05. The summed E-state index contributed by atoms with van der Waals surface area (Å²) in [6, 6.07) is 5.14. The molecule has 0 aliphatic carbocycles. The smallest absolute Gasteiger partial charge is 0.255 e. The van der Waals surface area contributed by atoms with Gasteiger partial charge in [-0.05, 0) is 43.4 Å². The number of carbonyl (C=O) groups is 3. The molecule has 1 radical (unpaired) electrons. The van der Waals surface area contributed by atoms with Crippen LogP contribution in [0.2, 0.25) is 0 Å². The quantitative estimate of drug-likeness (QED) is 0.629. The summed E-state index contributed by atoms with van der Waals surface area (Å²) in [6.07, 6.45) is 2.33. The number of nitrogens with zero attached hydrogens (tertiary/aromatic N) is 1. The lowest BCUT2D eigenvalue weighted by molar-refractivity contribution is -0.136. The van der Waals surface area contributed by atoms with Gasteiger partial charge in [0.15, 0.2) is 0 Å². The van der Waals surface area contributed by atoms with Crippen LogP contribution in [0.4, 0.5) is 0 Å². The van der Waals surface area contributed by atoms with Crippen molar-refractivity contribution in [1.29, 1.82) is 0 Å². The average molecular weight is 329 g/mol. The van der Waals surface area contributed by atoms with E-state index in [-0.39, 0.29) is 24.1 Å². The van der Waals surface area contributed by atoms with Crippen molar-refractivity contribution in [3.63, 3.8) is 0 Å². The molecule has 1 N–H and O–H groups in total. The van der Waals surface area contributed by atoms with Crippen molar-refractivity contribution in [2.24, 2.45) is 0 Å². The van der Waals surface area contributed by atoms with Crippen molar-refractivity contribution in [2.75, 3.05) is 13.2 Å². The van der Waals surface area contributed by atoms with Crippen LogP contribution in [0.15, 0.2) is 18.2 Å². The molecular formula is C18H21N2O4. The molecule has 3 amide bonds. The molecule has 0 spiro atoms. The van der Waals surface area contributed by atoms with Crippen LogP contribution in [0.3, 0.4) is 0 Å². The summed E-state index contributed by atoms with van der Waals surface area (Å²) in [7, 11) is 0. The number of rotatable bonds is 6. The van der Waals surface area contributed by atoms with Gasteiger partial charge in [-0.2, -0.15) is 0 Å². The van der Waals surface area contributed by atoms with Gasteiger partial charge in [0, 0.05) is 31.7 Å². The third-order valence-corrected chi connectivity index (χ3v) is 4.56. The van der Waals surface area contributed by atoms with Crippen LogP contribution >= 0.6 is 0 Å². The third kappa shape index (κ3) is 3.19. The van der Waals surface area contributed by atoms with Gasteiger partial charge >= 0.3 is 0 Å². The molecule has 0 saturated carbocycles. The third-order valence-electron chi connectivity index (χ3n) is 4.56. The number of benzene rings is 1. The van der Waals surface area contributed by atoms with E-state index >= 15 is 0 Å². The number of imide groups is 1. The zero-order valence-corrected chi connectivity index (χ0v) is 13.5. The SMILES string of the molecule is [CH2]COCCCc1cccc2c1CN(C1CCC(=O)NC1=O)C2=O. The highest BCUT2D eigenvalue weighted by Crippen LogP contribution is 2.30. The Bertz CT molecular complexity index is 671. The Balaban J connectivity index is 1.75. The van der Waals surface area contributed by atoms with Crippen LogP contribution in [0.25, 0.3) is 0 Å². The zero-order valence-electron chi connectivity index (χ0n) is 13.5. The second-order valence-corrected chi connectivity index (χ2v) is 6.06. The molecule has 1 fully saturated rings. The summed E-state index contributed by atoms with van der Waals surface area (Å²) in [5.41, 5.74) is 2.76. The Kier molecular flexibility index (Phi) is 4.94. The summed E-state index contributed by atoms with van der Waals surface area (Å²) < 4.78 is 5.26. The normalized spacial score (nSPS) is 20.3. The van der Waals surface area contributed by atoms with Gasteiger partial charge in [0.2, 0.25) is 11.8 Å². The van der Waals surface area contributed by atoms with Crippen LogP contribution in [-0.2, 0) is 27.3 Å². The van der Waals surface area contributed by atoms with Gasteiger partial charge in [0.05, 0.1) is 0 Å². The first-order valence-corrected chi connectivity index (χ1v) is 8.24. The molecule has 0 bridgehead atoms. The summed E-state index contributed by atoms with van der Waals surface area (Å²) in [6.45, 7) is 5.15. The maximum atomic E-state index is 12.7. The topological polar surface area (TPSA) is 75.7 Å². The lowest BCUT2D eigenvalue weighted by Crippen LogP contribution is -2.52. The number of amides is 3. The fourth-order valence-corrected chi connectivity index (χ4v) is 3.35. The molecule has 3 rings (SSSR count). The van der Waals surface area contributed by atoms with E-state index in [4.69, 9.17) is 4.74 Å². The number of piperidine rings is 1. The standard InChI is InChI=1S/C18H21N2O4/c1-2-24-10-4-6-12-5-3-7-13-14(12)11-20(18(13)23)15-8-9-16(21)19-17(15)22/h3,5,7,15H,1-2,4,6,8-11H2,(H,19,21,22). The van der Waals surface area contributed by atoms with Crippen molar-refractivity contribution in [3.8, 4) is 0 Å². The highest BCUT2D eigenvalue weighted by atomic mass is 16.5. The first-order valence-electron chi connectivity index (χ1n) is 8.24. The molecule has 1 saturated heterocycles. The first kappa shape index (κ1) is 16.6. The molecule has 6 heteroatoms. The minimum absolute atomic E-state index is 0.129. The molecule has 1 unspecified atom stereocenters. The van der Waals surface area contributed by atoms with Gasteiger partial charge in [-0.15, -0.1) is 0 Å². The molecule has 0 aromatic heterocycles. The van der Waals surface area contributed by atoms with E-state index in [0.717, 1.165) is 24.0 Å². The predicted molar refractivity (Wildman–Crippen MR) is 87.0 cm³/mol. The van der Waals surface area contributed by atoms with Crippen LogP contribution in [0, 0.1) is 6.92 Å². The molecule has 2 heterocycles. The maximum absolute atomic E-state index is 12.7. The van der Waals surface area contributed by atoms with E-state index in [1.165, 1.54) is 0 Å². The fourth-order valence-electron chi connectivity index (χ4n) is 3.35. The maximum Gasteiger partial charge on any atom is 0.255 e. The van der Waals surface area contributed by atoms with Crippen molar-refractivity contribution in [1.82, 2.24) is 10.2 Å². The second-order valence-electron chi connectivity index (χ2n) is 6.06. The highest BCUT2D eigenvalue weighted by Gasteiger charge is 2.39. The Morgan fingerprint density at radius 3 is 2.88 bits per heavy atom. The molecule has 127 valence electrons. The van der Waals surface area contributed by atoms with Gasteiger partial charge in [0.25, 0.3) is 5.91 Å². The van der Waals surface area contributed by atoms with E-state index in [2.05, 4.69) is 12.2 Å². The van der Waals surface area contributed by atoms with Crippen LogP contribution < -0.4 is 5.32 Å². The Hall–Kier alpha value is -2.21. The number of hydrogen-bond acceptors (Lipinski definition) is 4. The Morgan fingerprint density at radius 2 is 2.12 bits per heavy atom. The summed E-state index contributed by atoms with van der Waals surface area (Å²) in [5, 5.41) is 2.32. The van der Waals surface area contributed by atoms with Gasteiger partial charge in [0.1, 0.15) is 6.04 Å². The Labute approximate surface area is 141 Å². The molecular weight excluding hydrogens is 308 g/mol. The molecule has 1 atom stereocenters. The lowest BCUT2D eigenvalue weighted by Gasteiger charge is -2.29. The molecule has 6 nitrogen and oxygen atoms in total. The zero-order chi connectivity index (χ0) is 17.1. The number of carbonyl (C=O) groups excluding carboxylic acids is 3. The number of nitrogens with one attached hydrogen (secondary N) is 1. The van der Waals surface area contributed by atoms with E-state index in [1.54, 1.807) is 11.0 Å². The van der Waals surface area contributed by atoms with E-state index in [9.17, 15) is 14.4 Å². The van der Waals surface area contributed by atoms with Crippen LogP contribution in [0.1, 0.15) is 40.7 Å². The molecule has 24 heavy (non-hydrogen) atoms. The summed E-state index contributed by atoms with van der Waals surface area (Å²) >= 11 is 0. The first-order chi connectivity index (χ1) is 11.6. The summed E-state index contributed by atoms with van der Waals surface area (Å²) in [4.78, 5) is 37.6. The van der Waals surface area contributed by atoms with Crippen LogP contribution in [0.5, 0.6) is 0 Å². The molecule has 2 aliphatic heterocycles. The number of fused-ring (bicyclic) bond motifs is 1. The number of aryl methyl sites for hydroxylation is 1. The van der Waals surface area contributed by atoms with Crippen LogP contribution in [-0.4, -0.2) is 41.9 Å². The second kappa shape index (κ2) is 7.13. The van der Waals surface area contributed by atoms with Crippen molar-refractivity contribution < 1.29 is 19.1 Å². The van der Waals surface area contributed by atoms with Gasteiger partial charge < -0.3 is 9.64 Å². The summed E-state index contributed by atoms with van der Waals surface area (Å²) in [5.74, 6) is -0.778. The fraction of sp³-hybridized carbons (Fsp3) is 0.444. The van der Waals surface area contributed by atoms with Gasteiger partial charge in [-0.1, -0.05) is 12.1 Å². The van der Waals surface area contributed by atoms with Crippen molar-refractivity contribution >= 4 is 17.7 Å². The molecule has 2 aliphatic rings. The number of ether oxygens (including phenoxy) is 1. The van der Waals surface area contributed by atoms with E-state index < -0.39 is 6.04 Å². The Morgan fingerprint density at radius 1 is 1.29 bits per heavy atom. The van der Waals surface area contributed by atoms with E-state index in [1.807, 2.05) is 12.1 Å². The molecule has 1 aromatic rings. The molecule has 1 aromatic carbocycles. The largest absolute Gasteiger partial charge is 0.381 e. The number of hydrogen-bond donors (Lipinski definition) is 1. The van der Waals surface area contributed by atoms with Gasteiger partial charge in [-0.25, -0.2) is 0 Å². The van der Waals surface area contributed by atoms with Gasteiger partial charge in [-0.3, -0.25) is 19.7 Å². The predicted octanol–water partition coefficient (Wildman–Crippen LogP) is 1.23. The monoisotopic (exact) mass is 329 g/mol. The minimum Gasteiger partial charge on any atom is -0.381 e. The van der Waals surface area contributed by atoms with Crippen molar-refractivity contribution in [3.05, 3.63) is 41.8 Å². The minimum atomic E-state index is -0.565. The lowest BCUT2D eigenvalue weighted by atomic mass is 10.00. The van der Waals surface area contributed by atoms with Crippen molar-refractivity contribution in [2.45, 2.75) is 38.3 Å². The van der Waals surface area contributed by atoms with E-state index in [0.29, 0.717) is 31.7 Å². The average Bonchev–Trinajstić information content (AvgIpc) is 2.89.